The molecule has 23 heavy (non-hydrogen) atoms. The standard InChI is InChI=1S/C17H19BrN2O3/c1-2-22-14-6-4-3-5-13(14)19-9-11-20(12-10-19)17(21)15-7-8-16(18)23-15/h3-8H,2,9-12H2,1H3. The summed E-state index contributed by atoms with van der Waals surface area (Å²) in [5, 5.41) is 0. The third-order valence-electron chi connectivity index (χ3n) is 3.86. The van der Waals surface area contributed by atoms with Crippen molar-refractivity contribution in [2.45, 2.75) is 6.92 Å². The zero-order valence-electron chi connectivity index (χ0n) is 13.0. The second-order valence-corrected chi connectivity index (χ2v) is 6.07. The molecule has 2 aromatic rings. The van der Waals surface area contributed by atoms with Gasteiger partial charge in [-0.2, -0.15) is 0 Å². The highest BCUT2D eigenvalue weighted by Crippen LogP contribution is 2.29. The van der Waals surface area contributed by atoms with Crippen molar-refractivity contribution in [1.82, 2.24) is 4.90 Å². The lowest BCUT2D eigenvalue weighted by Crippen LogP contribution is -2.48. The lowest BCUT2D eigenvalue weighted by molar-refractivity contribution is 0.0713. The number of hydrogen-bond donors (Lipinski definition) is 0. The summed E-state index contributed by atoms with van der Waals surface area (Å²) in [6.07, 6.45) is 0. The number of anilines is 1. The Bertz CT molecular complexity index is 678. The van der Waals surface area contributed by atoms with Gasteiger partial charge in [-0.15, -0.1) is 0 Å². The van der Waals surface area contributed by atoms with Gasteiger partial charge in [0, 0.05) is 26.2 Å². The Labute approximate surface area is 143 Å². The molecule has 1 aliphatic heterocycles. The van der Waals surface area contributed by atoms with Crippen LogP contribution in [0, 0.1) is 0 Å². The number of piperazine rings is 1. The van der Waals surface area contributed by atoms with Crippen molar-refractivity contribution >= 4 is 27.5 Å². The molecule has 0 atom stereocenters. The van der Waals surface area contributed by atoms with Gasteiger partial charge in [-0.1, -0.05) is 12.1 Å². The molecule has 1 amide bonds. The van der Waals surface area contributed by atoms with Gasteiger partial charge in [0.15, 0.2) is 10.4 Å². The van der Waals surface area contributed by atoms with Crippen molar-refractivity contribution in [2.75, 3.05) is 37.7 Å². The van der Waals surface area contributed by atoms with Gasteiger partial charge in [-0.25, -0.2) is 0 Å². The molecule has 0 spiro atoms. The van der Waals surface area contributed by atoms with Gasteiger partial charge < -0.3 is 19.0 Å². The number of para-hydroxylation sites is 2. The molecule has 1 saturated heterocycles. The summed E-state index contributed by atoms with van der Waals surface area (Å²) in [5.74, 6) is 1.21. The van der Waals surface area contributed by atoms with Crippen LogP contribution in [0.3, 0.4) is 0 Å². The quantitative estimate of drug-likeness (QED) is 0.817. The number of rotatable bonds is 4. The third-order valence-corrected chi connectivity index (χ3v) is 4.28. The molecule has 1 aromatic carbocycles. The summed E-state index contributed by atoms with van der Waals surface area (Å²) in [7, 11) is 0. The minimum absolute atomic E-state index is 0.0616. The van der Waals surface area contributed by atoms with Crippen LogP contribution in [0.25, 0.3) is 0 Å². The molecule has 0 unspecified atom stereocenters. The van der Waals surface area contributed by atoms with Gasteiger partial charge in [0.1, 0.15) is 5.75 Å². The van der Waals surface area contributed by atoms with E-state index in [0.717, 1.165) is 24.5 Å². The van der Waals surface area contributed by atoms with E-state index in [1.807, 2.05) is 30.0 Å². The van der Waals surface area contributed by atoms with Crippen LogP contribution in [-0.2, 0) is 0 Å². The zero-order valence-corrected chi connectivity index (χ0v) is 14.6. The van der Waals surface area contributed by atoms with E-state index in [-0.39, 0.29) is 5.91 Å². The smallest absolute Gasteiger partial charge is 0.289 e. The van der Waals surface area contributed by atoms with Crippen LogP contribution in [0.4, 0.5) is 5.69 Å². The Hall–Kier alpha value is -1.95. The van der Waals surface area contributed by atoms with Crippen molar-refractivity contribution in [3.05, 3.63) is 46.8 Å². The fourth-order valence-corrected chi connectivity index (χ4v) is 3.04. The van der Waals surface area contributed by atoms with Gasteiger partial charge in [0.25, 0.3) is 5.91 Å². The number of carbonyl (C=O) groups is 1. The molecule has 1 fully saturated rings. The molecule has 6 heteroatoms. The maximum Gasteiger partial charge on any atom is 0.289 e. The number of hydrogen-bond acceptors (Lipinski definition) is 4. The fourth-order valence-electron chi connectivity index (χ4n) is 2.73. The average Bonchev–Trinajstić information content (AvgIpc) is 3.02. The Balaban J connectivity index is 1.66. The van der Waals surface area contributed by atoms with E-state index >= 15 is 0 Å². The number of ether oxygens (including phenoxy) is 1. The highest BCUT2D eigenvalue weighted by atomic mass is 79.9. The number of halogens is 1. The van der Waals surface area contributed by atoms with Crippen molar-refractivity contribution in [3.63, 3.8) is 0 Å². The second kappa shape index (κ2) is 7.08. The molecular formula is C17H19BrN2O3. The molecule has 2 heterocycles. The summed E-state index contributed by atoms with van der Waals surface area (Å²) in [6, 6.07) is 11.5. The average molecular weight is 379 g/mol. The van der Waals surface area contributed by atoms with Crippen LogP contribution in [0.5, 0.6) is 5.75 Å². The van der Waals surface area contributed by atoms with Crippen LogP contribution in [0.15, 0.2) is 45.5 Å². The largest absolute Gasteiger partial charge is 0.492 e. The second-order valence-electron chi connectivity index (χ2n) is 5.28. The summed E-state index contributed by atoms with van der Waals surface area (Å²) in [6.45, 7) is 5.50. The van der Waals surface area contributed by atoms with Gasteiger partial charge >= 0.3 is 0 Å². The zero-order chi connectivity index (χ0) is 16.2. The minimum Gasteiger partial charge on any atom is -0.492 e. The molecule has 122 valence electrons. The first-order chi connectivity index (χ1) is 11.2. The molecule has 5 nitrogen and oxygen atoms in total. The number of nitrogens with zero attached hydrogens (tertiary/aromatic N) is 2. The number of benzene rings is 1. The summed E-state index contributed by atoms with van der Waals surface area (Å²) in [4.78, 5) is 16.5. The SMILES string of the molecule is CCOc1ccccc1N1CCN(C(=O)c2ccc(Br)o2)CC1. The molecule has 1 aromatic heterocycles. The first-order valence-corrected chi connectivity index (χ1v) is 8.49. The van der Waals surface area contributed by atoms with Gasteiger partial charge in [-0.05, 0) is 47.1 Å². The minimum atomic E-state index is -0.0616. The predicted molar refractivity (Wildman–Crippen MR) is 92.1 cm³/mol. The van der Waals surface area contributed by atoms with Crippen LogP contribution in [-0.4, -0.2) is 43.6 Å². The number of furan rings is 1. The maximum atomic E-state index is 12.4. The Kier molecular flexibility index (Phi) is 4.91. The van der Waals surface area contributed by atoms with Gasteiger partial charge in [-0.3, -0.25) is 4.79 Å². The Morgan fingerprint density at radius 2 is 1.91 bits per heavy atom. The van der Waals surface area contributed by atoms with Crippen molar-refractivity contribution in [1.29, 1.82) is 0 Å². The van der Waals surface area contributed by atoms with Crippen molar-refractivity contribution < 1.29 is 13.9 Å². The molecule has 0 aliphatic carbocycles. The van der Waals surface area contributed by atoms with E-state index in [2.05, 4.69) is 26.9 Å². The Morgan fingerprint density at radius 1 is 1.17 bits per heavy atom. The normalized spacial score (nSPS) is 14.9. The number of carbonyl (C=O) groups excluding carboxylic acids is 1. The highest BCUT2D eigenvalue weighted by Gasteiger charge is 2.25. The van der Waals surface area contributed by atoms with Crippen molar-refractivity contribution in [2.24, 2.45) is 0 Å². The van der Waals surface area contributed by atoms with Crippen LogP contribution < -0.4 is 9.64 Å². The fraction of sp³-hybridized carbons (Fsp3) is 0.353. The van der Waals surface area contributed by atoms with E-state index in [1.54, 1.807) is 12.1 Å². The molecule has 0 bridgehead atoms. The molecular weight excluding hydrogens is 360 g/mol. The van der Waals surface area contributed by atoms with E-state index in [9.17, 15) is 4.79 Å². The topological polar surface area (TPSA) is 45.9 Å². The van der Waals surface area contributed by atoms with Crippen LogP contribution in [0.1, 0.15) is 17.5 Å². The summed E-state index contributed by atoms with van der Waals surface area (Å²) >= 11 is 3.23. The van der Waals surface area contributed by atoms with E-state index in [0.29, 0.717) is 30.1 Å². The van der Waals surface area contributed by atoms with Gasteiger partial charge in [0.2, 0.25) is 0 Å². The van der Waals surface area contributed by atoms with Crippen LogP contribution >= 0.6 is 15.9 Å². The number of amides is 1. The predicted octanol–water partition coefficient (Wildman–Crippen LogP) is 3.40. The summed E-state index contributed by atoms with van der Waals surface area (Å²) < 4.78 is 11.6. The maximum absolute atomic E-state index is 12.4. The monoisotopic (exact) mass is 378 g/mol. The molecule has 0 N–H and O–H groups in total. The van der Waals surface area contributed by atoms with Crippen LogP contribution in [0.2, 0.25) is 0 Å². The molecule has 1 aliphatic rings. The first kappa shape index (κ1) is 15.9. The van der Waals surface area contributed by atoms with E-state index < -0.39 is 0 Å². The first-order valence-electron chi connectivity index (χ1n) is 7.70. The lowest BCUT2D eigenvalue weighted by Gasteiger charge is -2.36. The molecule has 3 rings (SSSR count). The molecule has 0 saturated carbocycles. The molecule has 0 radical (unpaired) electrons. The van der Waals surface area contributed by atoms with E-state index in [1.165, 1.54) is 0 Å². The third kappa shape index (κ3) is 3.52. The van der Waals surface area contributed by atoms with Crippen molar-refractivity contribution in [3.8, 4) is 5.75 Å². The summed E-state index contributed by atoms with van der Waals surface area (Å²) in [5.41, 5.74) is 1.09. The lowest BCUT2D eigenvalue weighted by atomic mass is 10.2. The van der Waals surface area contributed by atoms with Gasteiger partial charge in [0.05, 0.1) is 12.3 Å². The Morgan fingerprint density at radius 3 is 2.57 bits per heavy atom. The highest BCUT2D eigenvalue weighted by molar-refractivity contribution is 9.10. The van der Waals surface area contributed by atoms with E-state index in [4.69, 9.17) is 9.15 Å².